The Hall–Kier alpha value is -1.75. The normalized spacial score (nSPS) is 10.2. The summed E-state index contributed by atoms with van der Waals surface area (Å²) in [6.45, 7) is 0.561. The smallest absolute Gasteiger partial charge is 0.253 e. The van der Waals surface area contributed by atoms with Crippen LogP contribution in [0.2, 0.25) is 0 Å². The van der Waals surface area contributed by atoms with E-state index in [-0.39, 0.29) is 5.91 Å². The maximum absolute atomic E-state index is 12.2. The van der Waals surface area contributed by atoms with Gasteiger partial charge in [-0.3, -0.25) is 4.79 Å². The van der Waals surface area contributed by atoms with Crippen LogP contribution in [0.4, 0.5) is 0 Å². The number of nitrogens with zero attached hydrogens (tertiary/aromatic N) is 1. The Kier molecular flexibility index (Phi) is 4.63. The number of hydrogen-bond acceptors (Lipinski definition) is 2. The van der Waals surface area contributed by atoms with Crippen molar-refractivity contribution in [2.45, 2.75) is 6.54 Å². The number of hydrogen-bond donors (Lipinski definition) is 1. The summed E-state index contributed by atoms with van der Waals surface area (Å²) in [5.41, 5.74) is 2.10. The first-order valence-electron chi connectivity index (χ1n) is 5.87. The average Bonchev–Trinajstić information content (AvgIpc) is 2.92. The van der Waals surface area contributed by atoms with Crippen molar-refractivity contribution in [1.82, 2.24) is 9.88 Å². The molecule has 0 saturated heterocycles. The zero-order valence-corrected chi connectivity index (χ0v) is 12.2. The second kappa shape index (κ2) is 6.43. The Bertz CT molecular complexity index is 523. The van der Waals surface area contributed by atoms with E-state index in [1.54, 1.807) is 36.2 Å². The molecule has 0 aliphatic carbocycles. The summed E-state index contributed by atoms with van der Waals surface area (Å²) >= 11 is 3.19. The van der Waals surface area contributed by atoms with Crippen LogP contribution in [0.1, 0.15) is 16.1 Å². The summed E-state index contributed by atoms with van der Waals surface area (Å²) < 4.78 is 5.27. The number of carbonyl (C=O) groups is 1. The lowest BCUT2D eigenvalue weighted by molar-refractivity contribution is 0.0783. The van der Waals surface area contributed by atoms with Gasteiger partial charge >= 0.3 is 0 Å². The molecule has 2 aromatic rings. The molecule has 2 rings (SSSR count). The van der Waals surface area contributed by atoms with Gasteiger partial charge in [0.2, 0.25) is 0 Å². The van der Waals surface area contributed by atoms with Gasteiger partial charge in [-0.1, -0.05) is 0 Å². The number of alkyl halides is 1. The molecule has 0 fully saturated rings. The van der Waals surface area contributed by atoms with Crippen molar-refractivity contribution in [3.8, 4) is 5.75 Å². The summed E-state index contributed by atoms with van der Waals surface area (Å²) in [6.07, 6.45) is 1.85. The van der Waals surface area contributed by atoms with Crippen LogP contribution in [-0.4, -0.2) is 28.4 Å². The molecule has 0 spiro atoms. The minimum atomic E-state index is -0.0139. The fourth-order valence-corrected chi connectivity index (χ4v) is 2.03. The molecule has 0 bridgehead atoms. The molecule has 19 heavy (non-hydrogen) atoms. The molecule has 1 amide bonds. The lowest BCUT2D eigenvalue weighted by atomic mass is 10.2. The predicted octanol–water partition coefficient (Wildman–Crippen LogP) is 3.02. The van der Waals surface area contributed by atoms with Gasteiger partial charge in [0, 0.05) is 24.5 Å². The minimum Gasteiger partial charge on any atom is -0.482 e. The molecule has 0 unspecified atom stereocenters. The lowest BCUT2D eigenvalue weighted by Gasteiger charge is -2.16. The van der Waals surface area contributed by atoms with Crippen molar-refractivity contribution in [3.63, 3.8) is 0 Å². The molecule has 5 heteroatoms. The van der Waals surface area contributed by atoms with E-state index in [2.05, 4.69) is 20.9 Å². The predicted molar refractivity (Wildman–Crippen MR) is 77.5 cm³/mol. The van der Waals surface area contributed by atoms with Gasteiger partial charge in [0.15, 0.2) is 0 Å². The molecule has 0 aliphatic heterocycles. The van der Waals surface area contributed by atoms with E-state index in [4.69, 9.17) is 4.74 Å². The van der Waals surface area contributed by atoms with Crippen LogP contribution in [0.15, 0.2) is 42.6 Å². The molecule has 100 valence electrons. The third-order valence-electron chi connectivity index (χ3n) is 2.74. The molecule has 1 aromatic carbocycles. The van der Waals surface area contributed by atoms with Crippen LogP contribution >= 0.6 is 15.9 Å². The van der Waals surface area contributed by atoms with E-state index in [0.717, 1.165) is 11.4 Å². The number of aromatic amines is 1. The van der Waals surface area contributed by atoms with Gasteiger partial charge in [-0.15, -0.1) is 0 Å². The number of carbonyl (C=O) groups excluding carboxylic acids is 1. The molecular weight excluding hydrogens is 308 g/mol. The van der Waals surface area contributed by atoms with Gasteiger partial charge in [0.25, 0.3) is 5.91 Å². The van der Waals surface area contributed by atoms with Crippen molar-refractivity contribution in [1.29, 1.82) is 0 Å². The van der Waals surface area contributed by atoms with Crippen LogP contribution in [0.3, 0.4) is 0 Å². The zero-order valence-electron chi connectivity index (χ0n) is 10.6. The molecule has 0 radical (unpaired) electrons. The van der Waals surface area contributed by atoms with Crippen LogP contribution in [0.25, 0.3) is 0 Å². The SMILES string of the molecule is CN(Cc1ccc[nH]1)C(=O)c1ccc(OCBr)cc1. The zero-order chi connectivity index (χ0) is 13.7. The molecule has 1 N–H and O–H groups in total. The highest BCUT2D eigenvalue weighted by atomic mass is 79.9. The van der Waals surface area contributed by atoms with E-state index >= 15 is 0 Å². The van der Waals surface area contributed by atoms with Crippen LogP contribution < -0.4 is 4.74 Å². The molecule has 0 saturated carbocycles. The number of halogens is 1. The van der Waals surface area contributed by atoms with E-state index in [1.165, 1.54) is 0 Å². The number of aromatic nitrogens is 1. The van der Waals surface area contributed by atoms with Gasteiger partial charge in [0.1, 0.15) is 11.3 Å². The summed E-state index contributed by atoms with van der Waals surface area (Å²) in [4.78, 5) is 17.0. The monoisotopic (exact) mass is 322 g/mol. The van der Waals surface area contributed by atoms with Gasteiger partial charge in [-0.05, 0) is 52.3 Å². The Balaban J connectivity index is 2.02. The first-order chi connectivity index (χ1) is 9.20. The third-order valence-corrected chi connectivity index (χ3v) is 2.97. The largest absolute Gasteiger partial charge is 0.482 e. The maximum Gasteiger partial charge on any atom is 0.253 e. The van der Waals surface area contributed by atoms with E-state index in [0.29, 0.717) is 17.6 Å². The molecule has 0 atom stereocenters. The van der Waals surface area contributed by atoms with Crippen LogP contribution in [-0.2, 0) is 6.54 Å². The summed E-state index contributed by atoms with van der Waals surface area (Å²) in [5, 5.41) is 0. The number of benzene rings is 1. The second-order valence-electron chi connectivity index (χ2n) is 4.13. The standard InChI is InChI=1S/C14H15BrN2O2/c1-17(9-12-3-2-8-16-12)14(18)11-4-6-13(7-5-11)19-10-15/h2-8,16H,9-10H2,1H3. The third kappa shape index (κ3) is 3.61. The second-order valence-corrected chi connectivity index (χ2v) is 4.59. The van der Waals surface area contributed by atoms with Gasteiger partial charge in [-0.2, -0.15) is 0 Å². The van der Waals surface area contributed by atoms with Gasteiger partial charge < -0.3 is 14.6 Å². The average molecular weight is 323 g/mol. The van der Waals surface area contributed by atoms with Crippen molar-refractivity contribution in [2.24, 2.45) is 0 Å². The van der Waals surface area contributed by atoms with E-state index < -0.39 is 0 Å². The molecule has 0 aliphatic rings. The minimum absolute atomic E-state index is 0.0139. The first kappa shape index (κ1) is 13.7. The Morgan fingerprint density at radius 3 is 2.63 bits per heavy atom. The highest BCUT2D eigenvalue weighted by Crippen LogP contribution is 2.14. The van der Waals surface area contributed by atoms with Crippen LogP contribution in [0, 0.1) is 0 Å². The van der Waals surface area contributed by atoms with Crippen LogP contribution in [0.5, 0.6) is 5.75 Å². The number of rotatable bonds is 5. The van der Waals surface area contributed by atoms with Crippen molar-refractivity contribution in [3.05, 3.63) is 53.9 Å². The highest BCUT2D eigenvalue weighted by molar-refractivity contribution is 9.09. The maximum atomic E-state index is 12.2. The molecule has 1 aromatic heterocycles. The van der Waals surface area contributed by atoms with Crippen molar-refractivity contribution < 1.29 is 9.53 Å². The number of amides is 1. The number of H-pyrrole nitrogens is 1. The van der Waals surface area contributed by atoms with Crippen molar-refractivity contribution in [2.75, 3.05) is 12.6 Å². The lowest BCUT2D eigenvalue weighted by Crippen LogP contribution is -2.26. The Morgan fingerprint density at radius 2 is 2.05 bits per heavy atom. The Labute approximate surface area is 120 Å². The topological polar surface area (TPSA) is 45.3 Å². The molecular formula is C14H15BrN2O2. The molecule has 1 heterocycles. The summed E-state index contributed by atoms with van der Waals surface area (Å²) in [7, 11) is 1.78. The number of ether oxygens (including phenoxy) is 1. The van der Waals surface area contributed by atoms with Crippen molar-refractivity contribution >= 4 is 21.8 Å². The summed E-state index contributed by atoms with van der Waals surface area (Å²) in [6, 6.07) is 11.0. The quantitative estimate of drug-likeness (QED) is 0.860. The fourth-order valence-electron chi connectivity index (χ4n) is 1.77. The highest BCUT2D eigenvalue weighted by Gasteiger charge is 2.12. The van der Waals surface area contributed by atoms with E-state index in [9.17, 15) is 4.79 Å². The number of nitrogens with one attached hydrogen (secondary N) is 1. The fraction of sp³-hybridized carbons (Fsp3) is 0.214. The van der Waals surface area contributed by atoms with E-state index in [1.807, 2.05) is 18.3 Å². The first-order valence-corrected chi connectivity index (χ1v) is 6.99. The van der Waals surface area contributed by atoms with Gasteiger partial charge in [-0.25, -0.2) is 0 Å². The summed E-state index contributed by atoms with van der Waals surface area (Å²) in [5.74, 6) is 0.723. The molecule has 4 nitrogen and oxygen atoms in total. The van der Waals surface area contributed by atoms with Gasteiger partial charge in [0.05, 0.1) is 6.54 Å². The Morgan fingerprint density at radius 1 is 1.32 bits per heavy atom.